The first kappa shape index (κ1) is 15.5. The third-order valence-electron chi connectivity index (χ3n) is 2.44. The summed E-state index contributed by atoms with van der Waals surface area (Å²) in [6, 6.07) is 6.64. The van der Waals surface area contributed by atoms with E-state index >= 15 is 0 Å². The maximum absolute atomic E-state index is 11.7. The summed E-state index contributed by atoms with van der Waals surface area (Å²) >= 11 is 5.74. The van der Waals surface area contributed by atoms with Crippen LogP contribution in [0.4, 0.5) is 0 Å². The molecule has 0 aliphatic carbocycles. The van der Waals surface area contributed by atoms with Gasteiger partial charge < -0.3 is 16.0 Å². The van der Waals surface area contributed by atoms with Gasteiger partial charge in [0.15, 0.2) is 0 Å². The van der Waals surface area contributed by atoms with Gasteiger partial charge in [0.25, 0.3) is 5.91 Å². The highest BCUT2D eigenvalue weighted by molar-refractivity contribution is 6.30. The minimum absolute atomic E-state index is 0.0323. The lowest BCUT2D eigenvalue weighted by Crippen LogP contribution is -2.35. The maximum Gasteiger partial charge on any atom is 0.251 e. The number of nitrogens with one attached hydrogen (secondary N) is 3. The topological polar surface area (TPSA) is 70.2 Å². The van der Waals surface area contributed by atoms with Crippen LogP contribution < -0.4 is 16.0 Å². The molecule has 6 heteroatoms. The number of benzene rings is 1. The SMILES string of the molecule is CNCCC(=O)NCCNC(=O)c1ccc(Cl)cc1. The van der Waals surface area contributed by atoms with Crippen LogP contribution in [0.2, 0.25) is 5.02 Å². The van der Waals surface area contributed by atoms with E-state index in [1.807, 2.05) is 0 Å². The molecule has 1 rings (SSSR count). The highest BCUT2D eigenvalue weighted by Crippen LogP contribution is 2.08. The molecule has 19 heavy (non-hydrogen) atoms. The Morgan fingerprint density at radius 2 is 1.68 bits per heavy atom. The first-order valence-electron chi connectivity index (χ1n) is 6.08. The van der Waals surface area contributed by atoms with E-state index < -0.39 is 0 Å². The molecule has 0 aliphatic rings. The molecule has 0 fully saturated rings. The van der Waals surface area contributed by atoms with Crippen LogP contribution in [-0.4, -0.2) is 38.5 Å². The van der Waals surface area contributed by atoms with E-state index in [-0.39, 0.29) is 11.8 Å². The molecular formula is C13H18ClN3O2. The van der Waals surface area contributed by atoms with E-state index in [4.69, 9.17) is 11.6 Å². The molecule has 104 valence electrons. The van der Waals surface area contributed by atoms with Crippen LogP contribution in [0.15, 0.2) is 24.3 Å². The summed E-state index contributed by atoms with van der Waals surface area (Å²) in [5, 5.41) is 8.92. The van der Waals surface area contributed by atoms with Gasteiger partial charge in [-0.3, -0.25) is 9.59 Å². The van der Waals surface area contributed by atoms with Crippen LogP contribution in [0.25, 0.3) is 0 Å². The molecule has 0 spiro atoms. The molecule has 0 atom stereocenters. The van der Waals surface area contributed by atoms with Crippen LogP contribution in [0.5, 0.6) is 0 Å². The summed E-state index contributed by atoms with van der Waals surface area (Å²) in [6.45, 7) is 1.46. The molecule has 5 nitrogen and oxygen atoms in total. The Morgan fingerprint density at radius 3 is 2.32 bits per heavy atom. The van der Waals surface area contributed by atoms with Crippen molar-refractivity contribution in [2.24, 2.45) is 0 Å². The first-order chi connectivity index (χ1) is 9.13. The highest BCUT2D eigenvalue weighted by Gasteiger charge is 2.04. The predicted molar refractivity (Wildman–Crippen MR) is 75.3 cm³/mol. The van der Waals surface area contributed by atoms with Crippen molar-refractivity contribution in [3.05, 3.63) is 34.9 Å². The third kappa shape index (κ3) is 6.22. The van der Waals surface area contributed by atoms with Crippen molar-refractivity contribution in [3.63, 3.8) is 0 Å². The van der Waals surface area contributed by atoms with Crippen LogP contribution in [0.1, 0.15) is 16.8 Å². The van der Waals surface area contributed by atoms with Gasteiger partial charge in [0, 0.05) is 36.6 Å². The highest BCUT2D eigenvalue weighted by atomic mass is 35.5. The zero-order valence-corrected chi connectivity index (χ0v) is 11.6. The van der Waals surface area contributed by atoms with E-state index in [1.165, 1.54) is 0 Å². The summed E-state index contributed by atoms with van der Waals surface area (Å²) in [5.74, 6) is -0.212. The van der Waals surface area contributed by atoms with E-state index in [0.29, 0.717) is 36.6 Å². The fourth-order valence-electron chi connectivity index (χ4n) is 1.41. The Bertz CT molecular complexity index is 420. The van der Waals surface area contributed by atoms with Crippen LogP contribution in [0, 0.1) is 0 Å². The van der Waals surface area contributed by atoms with Gasteiger partial charge in [-0.1, -0.05) is 11.6 Å². The molecule has 3 N–H and O–H groups in total. The molecule has 0 aromatic heterocycles. The largest absolute Gasteiger partial charge is 0.354 e. The molecule has 0 radical (unpaired) electrons. The fraction of sp³-hybridized carbons (Fsp3) is 0.385. The number of hydrogen-bond donors (Lipinski definition) is 3. The van der Waals surface area contributed by atoms with Gasteiger partial charge in [-0.15, -0.1) is 0 Å². The molecule has 0 saturated carbocycles. The van der Waals surface area contributed by atoms with Gasteiger partial charge in [-0.05, 0) is 31.3 Å². The van der Waals surface area contributed by atoms with Crippen LogP contribution in [-0.2, 0) is 4.79 Å². The standard InChI is InChI=1S/C13H18ClN3O2/c1-15-7-6-12(18)16-8-9-17-13(19)10-2-4-11(14)5-3-10/h2-5,15H,6-9H2,1H3,(H,16,18)(H,17,19). The summed E-state index contributed by atoms with van der Waals surface area (Å²) in [7, 11) is 1.79. The van der Waals surface area contributed by atoms with Crippen molar-refractivity contribution in [2.75, 3.05) is 26.7 Å². The van der Waals surface area contributed by atoms with E-state index in [1.54, 1.807) is 31.3 Å². The van der Waals surface area contributed by atoms with Crippen molar-refractivity contribution in [1.29, 1.82) is 0 Å². The average molecular weight is 284 g/mol. The smallest absolute Gasteiger partial charge is 0.251 e. The second-order valence-corrected chi connectivity index (χ2v) is 4.40. The average Bonchev–Trinajstić information content (AvgIpc) is 2.41. The zero-order chi connectivity index (χ0) is 14.1. The molecule has 0 aliphatic heterocycles. The predicted octanol–water partition coefficient (Wildman–Crippen LogP) is 0.795. The quantitative estimate of drug-likeness (QED) is 0.648. The summed E-state index contributed by atoms with van der Waals surface area (Å²) in [6.07, 6.45) is 0.432. The molecule has 1 aromatic carbocycles. The van der Waals surface area contributed by atoms with Crippen molar-refractivity contribution >= 4 is 23.4 Å². The van der Waals surface area contributed by atoms with Crippen molar-refractivity contribution in [3.8, 4) is 0 Å². The van der Waals surface area contributed by atoms with E-state index in [9.17, 15) is 9.59 Å². The lowest BCUT2D eigenvalue weighted by atomic mass is 10.2. The molecule has 2 amide bonds. The minimum atomic E-state index is -0.179. The third-order valence-corrected chi connectivity index (χ3v) is 2.69. The normalized spacial score (nSPS) is 10.0. The number of amides is 2. The monoisotopic (exact) mass is 283 g/mol. The summed E-state index contributed by atoms with van der Waals surface area (Å²) in [4.78, 5) is 23.0. The van der Waals surface area contributed by atoms with Gasteiger partial charge >= 0.3 is 0 Å². The Kier molecular flexibility index (Phi) is 6.92. The maximum atomic E-state index is 11.7. The van der Waals surface area contributed by atoms with Gasteiger partial charge in [-0.25, -0.2) is 0 Å². The number of rotatable bonds is 7. The second-order valence-electron chi connectivity index (χ2n) is 3.97. The van der Waals surface area contributed by atoms with Crippen molar-refractivity contribution in [2.45, 2.75) is 6.42 Å². The molecule has 1 aromatic rings. The fourth-order valence-corrected chi connectivity index (χ4v) is 1.53. The van der Waals surface area contributed by atoms with Gasteiger partial charge in [-0.2, -0.15) is 0 Å². The van der Waals surface area contributed by atoms with Crippen LogP contribution in [0.3, 0.4) is 0 Å². The van der Waals surface area contributed by atoms with E-state index in [0.717, 1.165) is 0 Å². The number of halogens is 1. The van der Waals surface area contributed by atoms with Gasteiger partial charge in [0.1, 0.15) is 0 Å². The Balaban J connectivity index is 2.20. The number of hydrogen-bond acceptors (Lipinski definition) is 3. The molecule has 0 heterocycles. The lowest BCUT2D eigenvalue weighted by molar-refractivity contribution is -0.120. The van der Waals surface area contributed by atoms with Crippen molar-refractivity contribution in [1.82, 2.24) is 16.0 Å². The Morgan fingerprint density at radius 1 is 1.05 bits per heavy atom. The molecule has 0 saturated heterocycles. The van der Waals surface area contributed by atoms with Gasteiger partial charge in [0.2, 0.25) is 5.91 Å². The minimum Gasteiger partial charge on any atom is -0.354 e. The van der Waals surface area contributed by atoms with E-state index in [2.05, 4.69) is 16.0 Å². The second kappa shape index (κ2) is 8.50. The summed E-state index contributed by atoms with van der Waals surface area (Å²) in [5.41, 5.74) is 0.547. The van der Waals surface area contributed by atoms with Crippen LogP contribution >= 0.6 is 11.6 Å². The molecule has 0 unspecified atom stereocenters. The van der Waals surface area contributed by atoms with Gasteiger partial charge in [0.05, 0.1) is 0 Å². The number of carbonyl (C=O) groups is 2. The van der Waals surface area contributed by atoms with Crippen molar-refractivity contribution < 1.29 is 9.59 Å². The number of carbonyl (C=O) groups excluding carboxylic acids is 2. The Hall–Kier alpha value is -1.59. The lowest BCUT2D eigenvalue weighted by Gasteiger charge is -2.07. The Labute approximate surface area is 117 Å². The molecule has 0 bridgehead atoms. The first-order valence-corrected chi connectivity index (χ1v) is 6.46. The molecular weight excluding hydrogens is 266 g/mol. The zero-order valence-electron chi connectivity index (χ0n) is 10.8. The summed E-state index contributed by atoms with van der Waals surface area (Å²) < 4.78 is 0.